The molecule has 0 aromatic rings. The first-order valence-electron chi connectivity index (χ1n) is 4.43. The summed E-state index contributed by atoms with van der Waals surface area (Å²) in [5.74, 6) is -1.85. The quantitative estimate of drug-likeness (QED) is 0.501. The number of hydrogen-bond acceptors (Lipinski definition) is 4. The number of carboxylic acids is 1. The van der Waals surface area contributed by atoms with Crippen LogP contribution >= 0.6 is 0 Å². The number of aliphatic hydroxyl groups excluding tert-OH is 1. The van der Waals surface area contributed by atoms with E-state index in [0.717, 1.165) is 0 Å². The molecule has 0 spiro atoms. The molecule has 0 radical (unpaired) electrons. The number of carbonyl (C=O) groups excluding carboxylic acids is 1. The van der Waals surface area contributed by atoms with E-state index in [4.69, 9.17) is 10.8 Å². The Morgan fingerprint density at radius 3 is 2.79 bits per heavy atom. The van der Waals surface area contributed by atoms with E-state index in [1.165, 1.54) is 4.90 Å². The number of nitrogens with two attached hydrogens (primary N) is 1. The van der Waals surface area contributed by atoms with Gasteiger partial charge in [-0.05, 0) is 0 Å². The first-order valence-corrected chi connectivity index (χ1v) is 4.43. The Bertz CT molecular complexity index is 243. The summed E-state index contributed by atoms with van der Waals surface area (Å²) in [6.45, 7) is 0.367. The summed E-state index contributed by atoms with van der Waals surface area (Å²) >= 11 is 0. The Morgan fingerprint density at radius 2 is 2.36 bits per heavy atom. The normalized spacial score (nSPS) is 24.0. The topological polar surface area (TPSA) is 104 Å². The third-order valence-corrected chi connectivity index (χ3v) is 2.27. The number of rotatable bonds is 4. The molecule has 0 aliphatic carbocycles. The van der Waals surface area contributed by atoms with Crippen molar-refractivity contribution in [2.24, 2.45) is 11.7 Å². The van der Waals surface area contributed by atoms with Gasteiger partial charge in [-0.15, -0.1) is 0 Å². The zero-order valence-corrected chi connectivity index (χ0v) is 7.72. The Labute approximate surface area is 81.3 Å². The summed E-state index contributed by atoms with van der Waals surface area (Å²) in [4.78, 5) is 23.2. The number of nitrogens with zero attached hydrogens (tertiary/aromatic N) is 1. The Hall–Kier alpha value is -1.14. The third-order valence-electron chi connectivity index (χ3n) is 2.27. The van der Waals surface area contributed by atoms with E-state index in [9.17, 15) is 14.7 Å². The molecule has 1 amide bonds. The van der Waals surface area contributed by atoms with Crippen LogP contribution < -0.4 is 5.73 Å². The number of carboxylic acid groups (broad SMARTS) is 1. The molecule has 6 heteroatoms. The van der Waals surface area contributed by atoms with Crippen LogP contribution in [0, 0.1) is 5.92 Å². The van der Waals surface area contributed by atoms with Crippen molar-refractivity contribution in [1.82, 2.24) is 4.90 Å². The van der Waals surface area contributed by atoms with Gasteiger partial charge < -0.3 is 20.8 Å². The summed E-state index contributed by atoms with van der Waals surface area (Å²) in [5.41, 5.74) is 5.19. The minimum atomic E-state index is -0.969. The molecule has 1 rings (SSSR count). The minimum Gasteiger partial charge on any atom is -0.481 e. The standard InChI is InChI=1S/C8H14N2O4/c9-2-6(11)4-10-3-5(8(13)14)1-7(10)12/h5-6,11H,1-4,9H2,(H,13,14). The second kappa shape index (κ2) is 4.39. The highest BCUT2D eigenvalue weighted by molar-refractivity contribution is 5.86. The van der Waals surface area contributed by atoms with Gasteiger partial charge in [0.05, 0.1) is 12.0 Å². The van der Waals surface area contributed by atoms with Crippen molar-refractivity contribution in [3.05, 3.63) is 0 Å². The van der Waals surface area contributed by atoms with E-state index in [1.807, 2.05) is 0 Å². The van der Waals surface area contributed by atoms with Gasteiger partial charge in [0.25, 0.3) is 0 Å². The molecule has 1 fully saturated rings. The number of hydrogen-bond donors (Lipinski definition) is 3. The van der Waals surface area contributed by atoms with Crippen LogP contribution in [0.5, 0.6) is 0 Å². The maximum absolute atomic E-state index is 11.3. The second-order valence-electron chi connectivity index (χ2n) is 3.43. The molecule has 6 nitrogen and oxygen atoms in total. The molecular formula is C8H14N2O4. The number of β-amino-alcohol motifs (C(OH)–C–C–N with tert-alkyl or cyclic N) is 1. The lowest BCUT2D eigenvalue weighted by Crippen LogP contribution is -2.37. The SMILES string of the molecule is NCC(O)CN1CC(C(=O)O)CC1=O. The minimum absolute atomic E-state index is 0.0205. The fraction of sp³-hybridized carbons (Fsp3) is 0.750. The average Bonchev–Trinajstić information content (AvgIpc) is 2.48. The molecule has 0 aromatic heterocycles. The van der Waals surface area contributed by atoms with Crippen LogP contribution in [0.1, 0.15) is 6.42 Å². The highest BCUT2D eigenvalue weighted by Gasteiger charge is 2.34. The maximum Gasteiger partial charge on any atom is 0.308 e. The summed E-state index contributed by atoms with van der Waals surface area (Å²) in [7, 11) is 0. The number of likely N-dealkylation sites (tertiary alicyclic amines) is 1. The number of carbonyl (C=O) groups is 2. The van der Waals surface area contributed by atoms with Crippen LogP contribution in [0.2, 0.25) is 0 Å². The molecule has 0 saturated carbocycles. The van der Waals surface area contributed by atoms with Gasteiger partial charge in [0.1, 0.15) is 0 Å². The lowest BCUT2D eigenvalue weighted by atomic mass is 10.1. The molecule has 0 bridgehead atoms. The Morgan fingerprint density at radius 1 is 1.71 bits per heavy atom. The zero-order chi connectivity index (χ0) is 10.7. The van der Waals surface area contributed by atoms with Crippen LogP contribution in [-0.4, -0.2) is 52.7 Å². The van der Waals surface area contributed by atoms with E-state index in [0.29, 0.717) is 0 Å². The number of amides is 1. The van der Waals surface area contributed by atoms with Gasteiger partial charge in [-0.3, -0.25) is 9.59 Å². The molecule has 0 aromatic carbocycles. The van der Waals surface area contributed by atoms with Crippen molar-refractivity contribution in [3.63, 3.8) is 0 Å². The molecule has 2 unspecified atom stereocenters. The van der Waals surface area contributed by atoms with Crippen LogP contribution in [0.15, 0.2) is 0 Å². The predicted molar refractivity (Wildman–Crippen MR) is 47.4 cm³/mol. The van der Waals surface area contributed by atoms with E-state index in [-0.39, 0.29) is 32.0 Å². The number of aliphatic hydroxyl groups is 1. The van der Waals surface area contributed by atoms with Gasteiger partial charge >= 0.3 is 5.97 Å². The first-order chi connectivity index (χ1) is 6.54. The molecule has 4 N–H and O–H groups in total. The molecule has 1 aliphatic rings. The molecular weight excluding hydrogens is 188 g/mol. The summed E-state index contributed by atoms with van der Waals surface area (Å²) in [6, 6.07) is 0. The summed E-state index contributed by atoms with van der Waals surface area (Å²) < 4.78 is 0. The van der Waals surface area contributed by atoms with Crippen LogP contribution in [-0.2, 0) is 9.59 Å². The zero-order valence-electron chi connectivity index (χ0n) is 7.72. The molecule has 1 saturated heterocycles. The summed E-state index contributed by atoms with van der Waals surface area (Å²) in [5, 5.41) is 17.9. The molecule has 80 valence electrons. The Balaban J connectivity index is 2.48. The molecule has 1 heterocycles. The van der Waals surface area contributed by atoms with Crippen molar-refractivity contribution in [3.8, 4) is 0 Å². The molecule has 2 atom stereocenters. The van der Waals surface area contributed by atoms with Crippen molar-refractivity contribution in [2.75, 3.05) is 19.6 Å². The molecule has 1 aliphatic heterocycles. The van der Waals surface area contributed by atoms with E-state index >= 15 is 0 Å². The third kappa shape index (κ3) is 2.43. The number of aliphatic carboxylic acids is 1. The second-order valence-corrected chi connectivity index (χ2v) is 3.43. The highest BCUT2D eigenvalue weighted by Crippen LogP contribution is 2.17. The monoisotopic (exact) mass is 202 g/mol. The van der Waals surface area contributed by atoms with Gasteiger partial charge in [-0.2, -0.15) is 0 Å². The maximum atomic E-state index is 11.3. The van der Waals surface area contributed by atoms with Crippen LogP contribution in [0.4, 0.5) is 0 Å². The molecule has 14 heavy (non-hydrogen) atoms. The smallest absolute Gasteiger partial charge is 0.308 e. The van der Waals surface area contributed by atoms with Gasteiger partial charge in [0.2, 0.25) is 5.91 Å². The summed E-state index contributed by atoms with van der Waals surface area (Å²) in [6.07, 6.45) is -0.751. The fourth-order valence-electron chi connectivity index (χ4n) is 1.44. The van der Waals surface area contributed by atoms with Gasteiger partial charge in [0, 0.05) is 26.1 Å². The van der Waals surface area contributed by atoms with Gasteiger partial charge in [-0.1, -0.05) is 0 Å². The first kappa shape index (κ1) is 10.9. The van der Waals surface area contributed by atoms with Crippen molar-refractivity contribution in [1.29, 1.82) is 0 Å². The van der Waals surface area contributed by atoms with Gasteiger partial charge in [0.15, 0.2) is 0 Å². The lowest BCUT2D eigenvalue weighted by molar-refractivity contribution is -0.141. The van der Waals surface area contributed by atoms with E-state index in [1.54, 1.807) is 0 Å². The average molecular weight is 202 g/mol. The van der Waals surface area contributed by atoms with Gasteiger partial charge in [-0.25, -0.2) is 0 Å². The lowest BCUT2D eigenvalue weighted by Gasteiger charge is -2.18. The van der Waals surface area contributed by atoms with Crippen LogP contribution in [0.3, 0.4) is 0 Å². The van der Waals surface area contributed by atoms with Crippen molar-refractivity contribution < 1.29 is 19.8 Å². The van der Waals surface area contributed by atoms with Crippen molar-refractivity contribution >= 4 is 11.9 Å². The van der Waals surface area contributed by atoms with E-state index < -0.39 is 18.0 Å². The predicted octanol–water partition coefficient (Wildman–Crippen LogP) is -1.76. The largest absolute Gasteiger partial charge is 0.481 e. The van der Waals surface area contributed by atoms with Crippen molar-refractivity contribution in [2.45, 2.75) is 12.5 Å². The van der Waals surface area contributed by atoms with Crippen LogP contribution in [0.25, 0.3) is 0 Å². The Kier molecular flexibility index (Phi) is 3.43. The fourth-order valence-corrected chi connectivity index (χ4v) is 1.44. The highest BCUT2D eigenvalue weighted by atomic mass is 16.4. The van der Waals surface area contributed by atoms with E-state index in [2.05, 4.69) is 0 Å².